The summed E-state index contributed by atoms with van der Waals surface area (Å²) in [4.78, 5) is 35.7. The quantitative estimate of drug-likeness (QED) is 0.675. The topological polar surface area (TPSA) is 92.6 Å². The third-order valence-corrected chi connectivity index (χ3v) is 3.50. The van der Waals surface area contributed by atoms with E-state index in [4.69, 9.17) is 11.6 Å². The second-order valence-electron chi connectivity index (χ2n) is 4.69. The van der Waals surface area contributed by atoms with Crippen molar-refractivity contribution in [2.45, 2.75) is 12.8 Å². The Kier molecular flexibility index (Phi) is 4.74. The van der Waals surface area contributed by atoms with Crippen molar-refractivity contribution in [3.8, 4) is 0 Å². The molecule has 7 nitrogen and oxygen atoms in total. The van der Waals surface area contributed by atoms with Crippen molar-refractivity contribution in [2.75, 3.05) is 19.6 Å². The summed E-state index contributed by atoms with van der Waals surface area (Å²) >= 11 is 5.68. The van der Waals surface area contributed by atoms with Gasteiger partial charge in [-0.05, 0) is 25.0 Å². The third kappa shape index (κ3) is 3.69. The molecule has 0 radical (unpaired) electrons. The molecule has 2 rings (SSSR count). The van der Waals surface area contributed by atoms with Crippen LogP contribution in [0.5, 0.6) is 0 Å². The maximum Gasteiger partial charge on any atom is 0.283 e. The van der Waals surface area contributed by atoms with Crippen LogP contribution in [0, 0.1) is 10.1 Å². The molecule has 0 aromatic heterocycles. The minimum atomic E-state index is -0.677. The van der Waals surface area contributed by atoms with Crippen molar-refractivity contribution in [3.63, 3.8) is 0 Å². The van der Waals surface area contributed by atoms with Crippen LogP contribution in [0.3, 0.4) is 0 Å². The molecule has 1 aromatic carbocycles. The van der Waals surface area contributed by atoms with Gasteiger partial charge >= 0.3 is 0 Å². The van der Waals surface area contributed by atoms with E-state index in [0.29, 0.717) is 13.1 Å². The summed E-state index contributed by atoms with van der Waals surface area (Å²) in [6.07, 6.45) is 1.92. The highest BCUT2D eigenvalue weighted by Crippen LogP contribution is 2.23. The predicted molar refractivity (Wildman–Crippen MR) is 76.3 cm³/mol. The Morgan fingerprint density at radius 2 is 2.00 bits per heavy atom. The van der Waals surface area contributed by atoms with Gasteiger partial charge in [-0.2, -0.15) is 0 Å². The number of nitrogens with zero attached hydrogens (tertiary/aromatic N) is 2. The number of rotatable bonds is 4. The van der Waals surface area contributed by atoms with E-state index in [-0.39, 0.29) is 28.7 Å². The van der Waals surface area contributed by atoms with E-state index in [1.165, 1.54) is 12.1 Å². The van der Waals surface area contributed by atoms with Crippen molar-refractivity contribution >= 4 is 29.1 Å². The molecule has 0 saturated carbocycles. The fourth-order valence-electron chi connectivity index (χ4n) is 2.18. The summed E-state index contributed by atoms with van der Waals surface area (Å²) in [5.41, 5.74) is -0.493. The molecule has 21 heavy (non-hydrogen) atoms. The van der Waals surface area contributed by atoms with Gasteiger partial charge in [0.05, 0.1) is 11.5 Å². The van der Waals surface area contributed by atoms with Crippen molar-refractivity contribution in [1.29, 1.82) is 0 Å². The molecule has 1 aliphatic heterocycles. The molecule has 1 heterocycles. The van der Waals surface area contributed by atoms with Gasteiger partial charge in [-0.25, -0.2) is 0 Å². The van der Waals surface area contributed by atoms with Crippen LogP contribution < -0.4 is 5.32 Å². The van der Waals surface area contributed by atoms with E-state index >= 15 is 0 Å². The van der Waals surface area contributed by atoms with Gasteiger partial charge in [0.15, 0.2) is 0 Å². The van der Waals surface area contributed by atoms with Gasteiger partial charge in [-0.3, -0.25) is 19.7 Å². The Labute approximate surface area is 126 Å². The van der Waals surface area contributed by atoms with Gasteiger partial charge < -0.3 is 10.2 Å². The fourth-order valence-corrected chi connectivity index (χ4v) is 2.34. The zero-order valence-electron chi connectivity index (χ0n) is 11.2. The molecule has 1 aromatic rings. The minimum absolute atomic E-state index is 0.112. The number of likely N-dealkylation sites (tertiary alicyclic amines) is 1. The molecule has 8 heteroatoms. The summed E-state index contributed by atoms with van der Waals surface area (Å²) in [6.45, 7) is 1.21. The number of hydrogen-bond acceptors (Lipinski definition) is 4. The predicted octanol–water partition coefficient (Wildman–Crippen LogP) is 1.60. The van der Waals surface area contributed by atoms with Crippen molar-refractivity contribution < 1.29 is 14.5 Å². The molecule has 1 saturated heterocycles. The highest BCUT2D eigenvalue weighted by Gasteiger charge is 2.22. The molecule has 0 bridgehead atoms. The molecule has 0 unspecified atom stereocenters. The van der Waals surface area contributed by atoms with E-state index in [9.17, 15) is 19.7 Å². The lowest BCUT2D eigenvalue weighted by Gasteiger charge is -2.15. The highest BCUT2D eigenvalue weighted by molar-refractivity contribution is 6.31. The van der Waals surface area contributed by atoms with Crippen molar-refractivity contribution in [1.82, 2.24) is 10.2 Å². The summed E-state index contributed by atoms with van der Waals surface area (Å²) in [7, 11) is 0. The first kappa shape index (κ1) is 15.2. The first-order valence-electron chi connectivity index (χ1n) is 6.49. The number of nitro benzene ring substituents is 1. The first-order valence-corrected chi connectivity index (χ1v) is 6.87. The molecule has 2 amide bonds. The number of nitrogens with one attached hydrogen (secondary N) is 1. The summed E-state index contributed by atoms with van der Waals surface area (Å²) < 4.78 is 0. The van der Waals surface area contributed by atoms with Gasteiger partial charge in [-0.1, -0.05) is 11.6 Å². The number of halogens is 1. The lowest BCUT2D eigenvalue weighted by atomic mass is 10.1. The molecule has 1 N–H and O–H groups in total. The van der Waals surface area contributed by atoms with Crippen LogP contribution in [-0.4, -0.2) is 41.3 Å². The number of carbonyl (C=O) groups is 2. The molecular weight excluding hydrogens is 298 g/mol. The van der Waals surface area contributed by atoms with Crippen LogP contribution >= 0.6 is 11.6 Å². The zero-order valence-corrected chi connectivity index (χ0v) is 11.9. The van der Waals surface area contributed by atoms with Crippen LogP contribution in [0.4, 0.5) is 5.69 Å². The highest BCUT2D eigenvalue weighted by atomic mass is 35.5. The zero-order chi connectivity index (χ0) is 15.4. The minimum Gasteiger partial charge on any atom is -0.343 e. The van der Waals surface area contributed by atoms with Crippen LogP contribution in [0.15, 0.2) is 18.2 Å². The molecule has 0 atom stereocenters. The maximum absolute atomic E-state index is 12.0. The Morgan fingerprint density at radius 3 is 2.62 bits per heavy atom. The molecular formula is C13H14ClN3O4. The number of amides is 2. The van der Waals surface area contributed by atoms with Crippen LogP contribution in [-0.2, 0) is 4.79 Å². The van der Waals surface area contributed by atoms with E-state index < -0.39 is 10.8 Å². The second-order valence-corrected chi connectivity index (χ2v) is 5.13. The van der Waals surface area contributed by atoms with Crippen molar-refractivity contribution in [2.24, 2.45) is 0 Å². The molecule has 112 valence electrons. The Balaban J connectivity index is 2.03. The fraction of sp³-hybridized carbons (Fsp3) is 0.385. The summed E-state index contributed by atoms with van der Waals surface area (Å²) in [6, 6.07) is 3.78. The van der Waals surface area contributed by atoms with E-state index in [2.05, 4.69) is 5.32 Å². The average Bonchev–Trinajstić information content (AvgIpc) is 2.98. The largest absolute Gasteiger partial charge is 0.343 e. The van der Waals surface area contributed by atoms with Crippen LogP contribution in [0.2, 0.25) is 5.02 Å². The molecule has 0 aliphatic carbocycles. The lowest BCUT2D eigenvalue weighted by molar-refractivity contribution is -0.385. The summed E-state index contributed by atoms with van der Waals surface area (Å²) in [5, 5.41) is 13.5. The standard InChI is InChI=1S/C13H14ClN3O4/c14-9-3-4-10(11(7-9)17(20)21)13(19)15-8-12(18)16-5-1-2-6-16/h3-4,7H,1-2,5-6,8H2,(H,15,19). The monoisotopic (exact) mass is 311 g/mol. The van der Waals surface area contributed by atoms with Gasteiger partial charge in [0.2, 0.25) is 5.91 Å². The van der Waals surface area contributed by atoms with Gasteiger partial charge in [-0.15, -0.1) is 0 Å². The third-order valence-electron chi connectivity index (χ3n) is 3.26. The Bertz CT molecular complexity index is 585. The molecule has 1 fully saturated rings. The SMILES string of the molecule is O=C(NCC(=O)N1CCCC1)c1ccc(Cl)cc1[N+](=O)[O-]. The smallest absolute Gasteiger partial charge is 0.283 e. The number of nitro groups is 1. The second kappa shape index (κ2) is 6.53. The lowest BCUT2D eigenvalue weighted by Crippen LogP contribution is -2.38. The molecule has 1 aliphatic rings. The average molecular weight is 312 g/mol. The normalized spacial score (nSPS) is 14.0. The molecule has 0 spiro atoms. The van der Waals surface area contributed by atoms with Crippen LogP contribution in [0.1, 0.15) is 23.2 Å². The van der Waals surface area contributed by atoms with E-state index in [1.54, 1.807) is 4.90 Å². The van der Waals surface area contributed by atoms with Gasteiger partial charge in [0, 0.05) is 24.2 Å². The van der Waals surface area contributed by atoms with Gasteiger partial charge in [0.1, 0.15) is 5.56 Å². The Morgan fingerprint density at radius 1 is 1.33 bits per heavy atom. The number of hydrogen-bond donors (Lipinski definition) is 1. The first-order chi connectivity index (χ1) is 9.99. The number of benzene rings is 1. The van der Waals surface area contributed by atoms with Crippen LogP contribution in [0.25, 0.3) is 0 Å². The van der Waals surface area contributed by atoms with E-state index in [1.807, 2.05) is 0 Å². The maximum atomic E-state index is 12.0. The number of carbonyl (C=O) groups excluding carboxylic acids is 2. The Hall–Kier alpha value is -2.15. The summed E-state index contributed by atoms with van der Waals surface area (Å²) in [5.74, 6) is -0.844. The van der Waals surface area contributed by atoms with E-state index in [0.717, 1.165) is 18.9 Å². The van der Waals surface area contributed by atoms with Gasteiger partial charge in [0.25, 0.3) is 11.6 Å². The van der Waals surface area contributed by atoms with Crippen molar-refractivity contribution in [3.05, 3.63) is 38.9 Å².